The average Bonchev–Trinajstić information content (AvgIpc) is 3.39. The topological polar surface area (TPSA) is 64.2 Å². The number of aromatic nitrogens is 2. The summed E-state index contributed by atoms with van der Waals surface area (Å²) in [5, 5.41) is 1.02. The van der Waals surface area contributed by atoms with Crippen molar-refractivity contribution in [2.45, 2.75) is 17.5 Å². The van der Waals surface area contributed by atoms with Crippen LogP contribution in [0.25, 0.3) is 21.5 Å². The lowest BCUT2D eigenvalue weighted by Crippen LogP contribution is -2.08. The highest BCUT2D eigenvalue weighted by atomic mass is 127. The molecule has 148 valence electrons. The molecule has 0 fully saturated rings. The van der Waals surface area contributed by atoms with Gasteiger partial charge in [-0.1, -0.05) is 46.9 Å². The fourth-order valence-corrected chi connectivity index (χ4v) is 4.90. The van der Waals surface area contributed by atoms with Gasteiger partial charge in [-0.2, -0.15) is 0 Å². The number of fused-ring (bicyclic) bond motifs is 1. The van der Waals surface area contributed by atoms with E-state index in [4.69, 9.17) is 9.47 Å². The minimum Gasteiger partial charge on any atom is -0.484 e. The Balaban J connectivity index is 1.71. The summed E-state index contributed by atoms with van der Waals surface area (Å²) in [7, 11) is 1.38. The summed E-state index contributed by atoms with van der Waals surface area (Å²) in [4.78, 5) is 21.3. The number of alkyl halides is 1. The Bertz CT molecular complexity index is 1170. The minimum atomic E-state index is -0.402. The van der Waals surface area contributed by atoms with Crippen molar-refractivity contribution in [2.24, 2.45) is 0 Å². The maximum atomic E-state index is 12.4. The third kappa shape index (κ3) is 4.02. The Morgan fingerprint density at radius 2 is 2.10 bits per heavy atom. The number of hydrogen-bond donors (Lipinski definition) is 1. The van der Waals surface area contributed by atoms with Gasteiger partial charge in [0.2, 0.25) is 0 Å². The molecular weight excluding hydrogens is 499 g/mol. The van der Waals surface area contributed by atoms with E-state index >= 15 is 0 Å². The van der Waals surface area contributed by atoms with Gasteiger partial charge in [-0.25, -0.2) is 9.78 Å². The predicted molar refractivity (Wildman–Crippen MR) is 124 cm³/mol. The molecule has 0 radical (unpaired) electrons. The van der Waals surface area contributed by atoms with Gasteiger partial charge in [0.25, 0.3) is 0 Å². The number of rotatable bonds is 6. The van der Waals surface area contributed by atoms with E-state index in [1.807, 2.05) is 43.5 Å². The number of methoxy groups -OCH3 is 1. The maximum Gasteiger partial charge on any atom is 0.351 e. The van der Waals surface area contributed by atoms with Crippen LogP contribution in [-0.4, -0.2) is 23.0 Å². The van der Waals surface area contributed by atoms with Crippen molar-refractivity contribution in [1.29, 1.82) is 0 Å². The van der Waals surface area contributed by atoms with Crippen LogP contribution in [0.2, 0.25) is 0 Å². The molecule has 0 aliphatic rings. The summed E-state index contributed by atoms with van der Waals surface area (Å²) < 4.78 is 12.1. The molecule has 0 bridgehead atoms. The van der Waals surface area contributed by atoms with Crippen LogP contribution in [-0.2, 0) is 9.16 Å². The van der Waals surface area contributed by atoms with E-state index in [2.05, 4.69) is 44.7 Å². The van der Waals surface area contributed by atoms with Crippen LogP contribution >= 0.6 is 33.9 Å². The van der Waals surface area contributed by atoms with Crippen molar-refractivity contribution in [1.82, 2.24) is 9.97 Å². The van der Waals surface area contributed by atoms with E-state index in [0.717, 1.165) is 31.5 Å². The van der Waals surface area contributed by atoms with Gasteiger partial charge in [0.05, 0.1) is 7.11 Å². The normalized spacial score (nSPS) is 12.1. The van der Waals surface area contributed by atoms with Crippen LogP contribution in [0.15, 0.2) is 54.9 Å². The lowest BCUT2D eigenvalue weighted by Gasteiger charge is -2.17. The van der Waals surface area contributed by atoms with Crippen LogP contribution in [0.5, 0.6) is 5.75 Å². The van der Waals surface area contributed by atoms with Crippen LogP contribution in [0.1, 0.15) is 33.8 Å². The molecule has 0 saturated carbocycles. The molecule has 3 heterocycles. The lowest BCUT2D eigenvalue weighted by atomic mass is 10.0. The van der Waals surface area contributed by atoms with E-state index in [-0.39, 0.29) is 6.10 Å². The van der Waals surface area contributed by atoms with Crippen molar-refractivity contribution < 1.29 is 14.3 Å². The standard InChI is InChI=1S/C22H19IN2O3S/c1-13(17-6-4-3-5-15(17)11-23)28-18-10-19(29-20(18)22(26)27-2)16-9-14-7-8-24-21(14)25-12-16/h3-10,12-13H,11H2,1-2H3,(H,24,25). The molecule has 7 heteroatoms. The third-order valence-corrected chi connectivity index (χ3v) is 6.66. The molecule has 1 N–H and O–H groups in total. The average molecular weight is 518 g/mol. The number of esters is 1. The zero-order valence-electron chi connectivity index (χ0n) is 15.9. The van der Waals surface area contributed by atoms with E-state index in [1.54, 1.807) is 6.20 Å². The number of aromatic amines is 1. The van der Waals surface area contributed by atoms with Crippen molar-refractivity contribution in [3.8, 4) is 16.2 Å². The molecule has 0 spiro atoms. The Morgan fingerprint density at radius 1 is 1.28 bits per heavy atom. The van der Waals surface area contributed by atoms with Crippen LogP contribution in [0.3, 0.4) is 0 Å². The number of ether oxygens (including phenoxy) is 2. The fourth-order valence-electron chi connectivity index (χ4n) is 3.22. The molecular formula is C22H19IN2O3S. The number of pyridine rings is 1. The van der Waals surface area contributed by atoms with Crippen molar-refractivity contribution in [3.63, 3.8) is 0 Å². The Labute approximate surface area is 186 Å². The highest BCUT2D eigenvalue weighted by molar-refractivity contribution is 14.1. The van der Waals surface area contributed by atoms with Gasteiger partial charge in [-0.15, -0.1) is 11.3 Å². The van der Waals surface area contributed by atoms with Crippen molar-refractivity contribution >= 4 is 50.9 Å². The highest BCUT2D eigenvalue weighted by Crippen LogP contribution is 2.39. The summed E-state index contributed by atoms with van der Waals surface area (Å²) in [6.45, 7) is 2.00. The van der Waals surface area contributed by atoms with Crippen LogP contribution < -0.4 is 4.74 Å². The van der Waals surface area contributed by atoms with E-state index in [0.29, 0.717) is 10.6 Å². The zero-order chi connectivity index (χ0) is 20.4. The van der Waals surface area contributed by atoms with E-state index in [9.17, 15) is 4.79 Å². The number of hydrogen-bond acceptors (Lipinski definition) is 5. The number of H-pyrrole nitrogens is 1. The van der Waals surface area contributed by atoms with Gasteiger partial charge in [0.1, 0.15) is 17.5 Å². The smallest absolute Gasteiger partial charge is 0.351 e. The molecule has 0 amide bonds. The Morgan fingerprint density at radius 3 is 2.90 bits per heavy atom. The number of nitrogens with zero attached hydrogens (tertiary/aromatic N) is 1. The van der Waals surface area contributed by atoms with Gasteiger partial charge in [-0.3, -0.25) is 0 Å². The number of carbonyl (C=O) groups is 1. The van der Waals surface area contributed by atoms with Crippen LogP contribution in [0.4, 0.5) is 0 Å². The summed E-state index contributed by atoms with van der Waals surface area (Å²) in [5.74, 6) is 0.128. The first-order chi connectivity index (χ1) is 14.1. The first-order valence-electron chi connectivity index (χ1n) is 9.06. The van der Waals surface area contributed by atoms with Gasteiger partial charge in [0.15, 0.2) is 4.88 Å². The van der Waals surface area contributed by atoms with Gasteiger partial charge < -0.3 is 14.5 Å². The molecule has 3 aromatic heterocycles. The van der Waals surface area contributed by atoms with Gasteiger partial charge >= 0.3 is 5.97 Å². The molecule has 0 aliphatic heterocycles. The first kappa shape index (κ1) is 19.9. The van der Waals surface area contributed by atoms with Crippen molar-refractivity contribution in [2.75, 3.05) is 7.11 Å². The molecule has 1 atom stereocenters. The SMILES string of the molecule is COC(=O)c1sc(-c2cnc3[nH]ccc3c2)cc1OC(C)c1ccccc1CI. The molecule has 29 heavy (non-hydrogen) atoms. The zero-order valence-corrected chi connectivity index (χ0v) is 18.9. The highest BCUT2D eigenvalue weighted by Gasteiger charge is 2.22. The summed E-state index contributed by atoms with van der Waals surface area (Å²) >= 11 is 3.70. The molecule has 1 aromatic carbocycles. The number of thiophene rings is 1. The molecule has 4 rings (SSSR count). The largest absolute Gasteiger partial charge is 0.484 e. The summed E-state index contributed by atoms with van der Waals surface area (Å²) in [6, 6.07) is 14.1. The molecule has 1 unspecified atom stereocenters. The monoisotopic (exact) mass is 518 g/mol. The van der Waals surface area contributed by atoms with Crippen molar-refractivity contribution in [3.05, 3.63) is 70.9 Å². The third-order valence-electron chi connectivity index (χ3n) is 4.69. The van der Waals surface area contributed by atoms with Crippen LogP contribution in [0, 0.1) is 0 Å². The number of benzene rings is 1. The molecule has 5 nitrogen and oxygen atoms in total. The fraction of sp³-hybridized carbons (Fsp3) is 0.182. The second-order valence-electron chi connectivity index (χ2n) is 6.53. The summed E-state index contributed by atoms with van der Waals surface area (Å²) in [5.41, 5.74) is 4.10. The van der Waals surface area contributed by atoms with Gasteiger partial charge in [-0.05, 0) is 36.2 Å². The molecule has 4 aromatic rings. The summed E-state index contributed by atoms with van der Waals surface area (Å²) in [6.07, 6.45) is 3.46. The second kappa shape index (κ2) is 8.54. The lowest BCUT2D eigenvalue weighted by molar-refractivity contribution is 0.0600. The quantitative estimate of drug-likeness (QED) is 0.189. The van der Waals surface area contributed by atoms with E-state index < -0.39 is 5.97 Å². The first-order valence-corrected chi connectivity index (χ1v) is 11.4. The number of halogens is 1. The Hall–Kier alpha value is -2.39. The van der Waals surface area contributed by atoms with Gasteiger partial charge in [0, 0.05) is 32.6 Å². The second-order valence-corrected chi connectivity index (χ2v) is 8.34. The minimum absolute atomic E-state index is 0.197. The Kier molecular flexibility index (Phi) is 5.86. The maximum absolute atomic E-state index is 12.4. The molecule has 0 saturated heterocycles. The number of carbonyl (C=O) groups excluding carboxylic acids is 1. The predicted octanol–water partition coefficient (Wildman–Crippen LogP) is 6.15. The van der Waals surface area contributed by atoms with E-state index in [1.165, 1.54) is 24.0 Å². The number of nitrogens with one attached hydrogen (secondary N) is 1. The molecule has 0 aliphatic carbocycles.